The normalized spacial score (nSPS) is 22.8. The Morgan fingerprint density at radius 2 is 1.91 bits per heavy atom. The molecule has 0 spiro atoms. The van der Waals surface area contributed by atoms with Gasteiger partial charge in [-0.05, 0) is 54.2 Å². The summed E-state index contributed by atoms with van der Waals surface area (Å²) in [5.74, 6) is 0.388. The Morgan fingerprint density at radius 1 is 1.18 bits per heavy atom. The van der Waals surface area contributed by atoms with Crippen LogP contribution in [0.2, 0.25) is 0 Å². The predicted molar refractivity (Wildman–Crippen MR) is 113 cm³/mol. The monoisotopic (exact) mass is 459 g/mol. The van der Waals surface area contributed by atoms with Gasteiger partial charge in [0.25, 0.3) is 11.7 Å². The molecule has 0 radical (unpaired) electrons. The zero-order valence-corrected chi connectivity index (χ0v) is 18.1. The van der Waals surface area contributed by atoms with E-state index in [9.17, 15) is 18.0 Å². The Balaban J connectivity index is 1.27. The van der Waals surface area contributed by atoms with Gasteiger partial charge in [-0.1, -0.05) is 18.2 Å². The van der Waals surface area contributed by atoms with Gasteiger partial charge in [0, 0.05) is 32.6 Å². The minimum absolute atomic E-state index is 0.0883. The first-order chi connectivity index (χ1) is 15.8. The second kappa shape index (κ2) is 8.40. The van der Waals surface area contributed by atoms with E-state index in [-0.39, 0.29) is 29.5 Å². The summed E-state index contributed by atoms with van der Waals surface area (Å²) in [6.45, 7) is 1.57. The van der Waals surface area contributed by atoms with Crippen molar-refractivity contribution in [3.8, 4) is 0 Å². The minimum atomic E-state index is -4.36. The number of aromatic nitrogens is 4. The average molecular weight is 459 g/mol. The molecule has 0 N–H and O–H groups in total. The fourth-order valence-electron chi connectivity index (χ4n) is 5.23. The third kappa shape index (κ3) is 4.19. The molecule has 2 fully saturated rings. The summed E-state index contributed by atoms with van der Waals surface area (Å²) in [6.07, 6.45) is 1.08. The highest BCUT2D eigenvalue weighted by atomic mass is 19.4. The highest BCUT2D eigenvalue weighted by molar-refractivity contribution is 5.91. The maximum atomic E-state index is 13.4. The zero-order valence-electron chi connectivity index (χ0n) is 18.1. The standard InChI is InChI=1S/C23H24F3N5O2/c1-33-7-6-14-10-27-22-28-20(29-31(22)11-14)21(32)30-12-16-8-15(9-17(16)13-30)18-4-2-3-5-19(18)23(24,25)26/h2-5,10-11,15-17H,6-9,12-13H2,1H3/t15?,16-,17?/m0/s1. The van der Waals surface area contributed by atoms with E-state index < -0.39 is 11.7 Å². The number of hydrogen-bond acceptors (Lipinski definition) is 5. The molecule has 1 aliphatic carbocycles. The third-order valence-electron chi connectivity index (χ3n) is 6.78. The number of hydrogen-bond donors (Lipinski definition) is 0. The lowest BCUT2D eigenvalue weighted by Gasteiger charge is -2.21. The molecule has 3 atom stereocenters. The van der Waals surface area contributed by atoms with Crippen LogP contribution in [0.5, 0.6) is 0 Å². The number of likely N-dealkylation sites (tertiary alicyclic amines) is 1. The molecule has 2 unspecified atom stereocenters. The highest BCUT2D eigenvalue weighted by Crippen LogP contribution is 2.48. The highest BCUT2D eigenvalue weighted by Gasteiger charge is 2.45. The number of benzene rings is 1. The van der Waals surface area contributed by atoms with Crippen LogP contribution >= 0.6 is 0 Å². The molecule has 7 nitrogen and oxygen atoms in total. The summed E-state index contributed by atoms with van der Waals surface area (Å²) in [7, 11) is 1.63. The maximum absolute atomic E-state index is 13.4. The molecule has 1 aliphatic heterocycles. The summed E-state index contributed by atoms with van der Waals surface area (Å²) >= 11 is 0. The Labute approximate surface area is 188 Å². The van der Waals surface area contributed by atoms with Crippen molar-refractivity contribution >= 4 is 11.7 Å². The molecule has 1 aromatic carbocycles. The van der Waals surface area contributed by atoms with Gasteiger partial charge in [-0.2, -0.15) is 18.2 Å². The smallest absolute Gasteiger partial charge is 0.384 e. The molecule has 2 aliphatic rings. The summed E-state index contributed by atoms with van der Waals surface area (Å²) in [5.41, 5.74) is 0.748. The fraction of sp³-hybridized carbons (Fsp3) is 0.478. The van der Waals surface area contributed by atoms with Crippen molar-refractivity contribution in [2.75, 3.05) is 26.8 Å². The molecule has 10 heteroatoms. The second-order valence-electron chi connectivity index (χ2n) is 8.87. The largest absolute Gasteiger partial charge is 0.416 e. The van der Waals surface area contributed by atoms with E-state index in [1.807, 2.05) is 0 Å². The summed E-state index contributed by atoms with van der Waals surface area (Å²) in [6, 6.07) is 5.84. The number of halogens is 3. The topological polar surface area (TPSA) is 72.6 Å². The van der Waals surface area contributed by atoms with Gasteiger partial charge in [-0.3, -0.25) is 4.79 Å². The quantitative estimate of drug-likeness (QED) is 0.583. The Bertz CT molecular complexity index is 1160. The van der Waals surface area contributed by atoms with Crippen LogP contribution in [0, 0.1) is 11.8 Å². The van der Waals surface area contributed by atoms with Crippen molar-refractivity contribution in [3.05, 3.63) is 59.2 Å². The van der Waals surface area contributed by atoms with Crippen molar-refractivity contribution in [3.63, 3.8) is 0 Å². The first-order valence-electron chi connectivity index (χ1n) is 11.0. The number of fused-ring (bicyclic) bond motifs is 2. The van der Waals surface area contributed by atoms with Gasteiger partial charge in [-0.15, -0.1) is 5.10 Å². The Morgan fingerprint density at radius 3 is 2.61 bits per heavy atom. The van der Waals surface area contributed by atoms with Crippen molar-refractivity contribution in [1.82, 2.24) is 24.5 Å². The second-order valence-corrected chi connectivity index (χ2v) is 8.87. The van der Waals surface area contributed by atoms with Crippen molar-refractivity contribution < 1.29 is 22.7 Å². The SMILES string of the molecule is COCCc1cnc2nc(C(=O)N3CC4CC(c5ccccc5C(F)(F)F)C[C@H]4C3)nn2c1. The van der Waals surface area contributed by atoms with Crippen LogP contribution in [0.25, 0.3) is 5.78 Å². The average Bonchev–Trinajstić information content (AvgIpc) is 3.49. The van der Waals surface area contributed by atoms with Crippen molar-refractivity contribution in [1.29, 1.82) is 0 Å². The van der Waals surface area contributed by atoms with E-state index in [2.05, 4.69) is 15.1 Å². The number of carbonyl (C=O) groups excluding carboxylic acids is 1. The number of alkyl halides is 3. The van der Waals surface area contributed by atoms with Crippen molar-refractivity contribution in [2.24, 2.45) is 11.8 Å². The molecule has 0 bridgehead atoms. The Hall–Kier alpha value is -3.01. The molecule has 33 heavy (non-hydrogen) atoms. The number of nitrogens with zero attached hydrogens (tertiary/aromatic N) is 5. The van der Waals surface area contributed by atoms with Gasteiger partial charge in [0.1, 0.15) is 0 Å². The van der Waals surface area contributed by atoms with Gasteiger partial charge in [0.05, 0.1) is 12.2 Å². The van der Waals surface area contributed by atoms with Gasteiger partial charge < -0.3 is 9.64 Å². The van der Waals surface area contributed by atoms with E-state index in [4.69, 9.17) is 4.74 Å². The number of carbonyl (C=O) groups is 1. The van der Waals surface area contributed by atoms with Gasteiger partial charge >= 0.3 is 6.18 Å². The van der Waals surface area contributed by atoms with Crippen LogP contribution in [0.3, 0.4) is 0 Å². The molecule has 1 saturated heterocycles. The molecular weight excluding hydrogens is 435 g/mol. The molecule has 1 amide bonds. The molecular formula is C23H24F3N5O2. The van der Waals surface area contributed by atoms with Gasteiger partial charge in [0.2, 0.25) is 5.82 Å². The molecule has 3 heterocycles. The van der Waals surface area contributed by atoms with Gasteiger partial charge in [-0.25, -0.2) is 9.50 Å². The Kier molecular flexibility index (Phi) is 5.55. The van der Waals surface area contributed by atoms with Gasteiger partial charge in [0.15, 0.2) is 0 Å². The van der Waals surface area contributed by atoms with Crippen LogP contribution in [0.1, 0.15) is 46.1 Å². The van der Waals surface area contributed by atoms with E-state index in [0.717, 1.165) is 11.6 Å². The number of amides is 1. The predicted octanol–water partition coefficient (Wildman–Crippen LogP) is 3.60. The molecule has 2 aromatic heterocycles. The lowest BCUT2D eigenvalue weighted by atomic mass is 9.91. The van der Waals surface area contributed by atoms with E-state index >= 15 is 0 Å². The molecule has 5 rings (SSSR count). The molecule has 3 aromatic rings. The van der Waals surface area contributed by atoms with Crippen LogP contribution in [0.15, 0.2) is 36.7 Å². The van der Waals surface area contributed by atoms with E-state index in [1.165, 1.54) is 10.6 Å². The summed E-state index contributed by atoms with van der Waals surface area (Å²) < 4.78 is 46.9. The van der Waals surface area contributed by atoms with Crippen LogP contribution in [0.4, 0.5) is 13.2 Å². The van der Waals surface area contributed by atoms with E-state index in [1.54, 1.807) is 36.5 Å². The molecule has 174 valence electrons. The zero-order chi connectivity index (χ0) is 23.2. The maximum Gasteiger partial charge on any atom is 0.416 e. The third-order valence-corrected chi connectivity index (χ3v) is 6.78. The number of rotatable bonds is 5. The van der Waals surface area contributed by atoms with Crippen LogP contribution in [-0.4, -0.2) is 57.2 Å². The van der Waals surface area contributed by atoms with Crippen molar-refractivity contribution in [2.45, 2.75) is 31.4 Å². The van der Waals surface area contributed by atoms with E-state index in [0.29, 0.717) is 50.3 Å². The molecule has 1 saturated carbocycles. The summed E-state index contributed by atoms with van der Waals surface area (Å²) in [4.78, 5) is 23.3. The number of methoxy groups -OCH3 is 1. The van der Waals surface area contributed by atoms with Crippen LogP contribution in [-0.2, 0) is 17.3 Å². The fourth-order valence-corrected chi connectivity index (χ4v) is 5.23. The number of ether oxygens (including phenoxy) is 1. The summed E-state index contributed by atoms with van der Waals surface area (Å²) in [5, 5.41) is 4.31. The van der Waals surface area contributed by atoms with Crippen LogP contribution < -0.4 is 0 Å². The lowest BCUT2D eigenvalue weighted by molar-refractivity contribution is -0.138. The lowest BCUT2D eigenvalue weighted by Crippen LogP contribution is -2.30. The minimum Gasteiger partial charge on any atom is -0.384 e. The first kappa shape index (κ1) is 21.8. The first-order valence-corrected chi connectivity index (χ1v) is 11.0.